The number of benzene rings is 1. The van der Waals surface area contributed by atoms with Gasteiger partial charge in [-0.15, -0.1) is 0 Å². The third kappa shape index (κ3) is 1.89. The summed E-state index contributed by atoms with van der Waals surface area (Å²) in [6.45, 7) is 0.703. The number of likely N-dealkylation sites (N-methyl/N-ethyl adjacent to an activating group) is 1. The molecule has 0 spiro atoms. The zero-order valence-corrected chi connectivity index (χ0v) is 14.9. The quantitative estimate of drug-likeness (QED) is 0.437. The van der Waals surface area contributed by atoms with E-state index < -0.39 is 17.7 Å². The second-order valence-corrected chi connectivity index (χ2v) is 7.53. The molecule has 5 rings (SSSR count). The maximum absolute atomic E-state index is 11.2. The maximum atomic E-state index is 11.2. The van der Waals surface area contributed by atoms with Crippen LogP contribution in [0.25, 0.3) is 0 Å². The first-order valence-electron chi connectivity index (χ1n) is 8.38. The molecule has 1 fully saturated rings. The van der Waals surface area contributed by atoms with Gasteiger partial charge in [-0.3, -0.25) is 4.48 Å². The number of hydrogen-bond donors (Lipinski definition) is 2. The van der Waals surface area contributed by atoms with Crippen LogP contribution in [-0.2, 0) is 10.2 Å². The van der Waals surface area contributed by atoms with Crippen LogP contribution < -0.4 is 21.9 Å². The molecule has 2 N–H and O–H groups in total. The van der Waals surface area contributed by atoms with Gasteiger partial charge >= 0.3 is 0 Å². The summed E-state index contributed by atoms with van der Waals surface area (Å²) in [6, 6.07) is 3.89. The number of quaternary nitrogens is 1. The molecule has 4 aliphatic rings. The molecule has 1 saturated heterocycles. The Balaban J connectivity index is 0.00000157. The van der Waals surface area contributed by atoms with Gasteiger partial charge in [-0.2, -0.15) is 0 Å². The number of fused-ring (bicyclic) bond motifs is 2. The predicted molar refractivity (Wildman–Crippen MR) is 84.6 cm³/mol. The summed E-state index contributed by atoms with van der Waals surface area (Å²) in [5.41, 5.74) is 1.27. The van der Waals surface area contributed by atoms with E-state index in [-0.39, 0.29) is 31.3 Å². The Labute approximate surface area is 152 Å². The molecule has 0 aromatic heterocycles. The number of methoxy groups -OCH3 is 1. The first-order chi connectivity index (χ1) is 11.5. The van der Waals surface area contributed by atoms with Gasteiger partial charge in [0.2, 0.25) is 13.0 Å². The van der Waals surface area contributed by atoms with E-state index in [0.29, 0.717) is 22.5 Å². The number of aliphatic hydroxyl groups excluding tert-OH is 2. The zero-order valence-electron chi connectivity index (χ0n) is 14.2. The fourth-order valence-electron chi connectivity index (χ4n) is 5.34. The van der Waals surface area contributed by atoms with Gasteiger partial charge in [0.15, 0.2) is 11.5 Å². The van der Waals surface area contributed by atoms with Gasteiger partial charge in [0.05, 0.1) is 18.6 Å². The van der Waals surface area contributed by atoms with Gasteiger partial charge in [-0.05, 0) is 17.7 Å². The van der Waals surface area contributed by atoms with Crippen molar-refractivity contribution < 1.29 is 41.3 Å². The number of rotatable bonds is 1. The largest absolute Gasteiger partial charge is 1.00 e. The molecule has 0 saturated carbocycles. The van der Waals surface area contributed by atoms with Crippen LogP contribution in [0, 0.1) is 0 Å². The van der Waals surface area contributed by atoms with E-state index in [0.717, 1.165) is 17.5 Å². The summed E-state index contributed by atoms with van der Waals surface area (Å²) in [5.74, 6) is 1.35. The molecular formula is C18H22ClNO5. The van der Waals surface area contributed by atoms with Crippen molar-refractivity contribution in [3.63, 3.8) is 0 Å². The van der Waals surface area contributed by atoms with Crippen molar-refractivity contribution in [2.24, 2.45) is 0 Å². The summed E-state index contributed by atoms with van der Waals surface area (Å²) < 4.78 is 17.0. The highest BCUT2D eigenvalue weighted by Crippen LogP contribution is 2.59. The second-order valence-electron chi connectivity index (χ2n) is 7.53. The van der Waals surface area contributed by atoms with Gasteiger partial charge in [-0.25, -0.2) is 0 Å². The van der Waals surface area contributed by atoms with Gasteiger partial charge in [0, 0.05) is 19.1 Å². The Hall–Kier alpha value is -1.31. The van der Waals surface area contributed by atoms with E-state index in [1.807, 2.05) is 25.3 Å². The summed E-state index contributed by atoms with van der Waals surface area (Å²) in [5, 5.41) is 22.2. The molecular weight excluding hydrogens is 346 g/mol. The summed E-state index contributed by atoms with van der Waals surface area (Å²) in [4.78, 5) is 0. The van der Waals surface area contributed by atoms with Crippen LogP contribution in [0.1, 0.15) is 23.8 Å². The number of halogens is 1. The van der Waals surface area contributed by atoms with Gasteiger partial charge in [0.25, 0.3) is 0 Å². The molecule has 1 aromatic rings. The van der Waals surface area contributed by atoms with E-state index in [9.17, 15) is 10.2 Å². The molecule has 7 heteroatoms. The van der Waals surface area contributed by atoms with E-state index in [4.69, 9.17) is 14.2 Å². The van der Waals surface area contributed by atoms with Crippen molar-refractivity contribution in [3.8, 4) is 11.5 Å². The lowest BCUT2D eigenvalue weighted by atomic mass is 9.64. The summed E-state index contributed by atoms with van der Waals surface area (Å²) in [6.07, 6.45) is 3.66. The van der Waals surface area contributed by atoms with Crippen LogP contribution in [-0.4, -0.2) is 60.4 Å². The first-order valence-corrected chi connectivity index (χ1v) is 8.38. The average molecular weight is 368 g/mol. The fraction of sp³-hybridized carbons (Fsp3) is 0.556. The van der Waals surface area contributed by atoms with Crippen LogP contribution in [0.4, 0.5) is 0 Å². The van der Waals surface area contributed by atoms with Crippen molar-refractivity contribution in [1.29, 1.82) is 0 Å². The van der Waals surface area contributed by atoms with Gasteiger partial charge in [0.1, 0.15) is 18.7 Å². The first kappa shape index (κ1) is 17.1. The normalized spacial score (nSPS) is 42.6. The molecule has 2 unspecified atom stereocenters. The van der Waals surface area contributed by atoms with Gasteiger partial charge in [-0.1, -0.05) is 12.2 Å². The number of ether oxygens (including phenoxy) is 3. The van der Waals surface area contributed by atoms with Gasteiger partial charge < -0.3 is 36.8 Å². The van der Waals surface area contributed by atoms with Crippen molar-refractivity contribution in [3.05, 3.63) is 35.4 Å². The third-order valence-electron chi connectivity index (χ3n) is 6.57. The summed E-state index contributed by atoms with van der Waals surface area (Å²) in [7, 11) is 3.73. The topological polar surface area (TPSA) is 68.2 Å². The fourth-order valence-corrected chi connectivity index (χ4v) is 5.34. The lowest BCUT2D eigenvalue weighted by molar-refractivity contribution is -0.976. The summed E-state index contributed by atoms with van der Waals surface area (Å²) >= 11 is 0. The maximum Gasteiger partial charge on any atom is 0.231 e. The molecule has 0 amide bonds. The van der Waals surface area contributed by atoms with Crippen LogP contribution in [0.2, 0.25) is 0 Å². The molecule has 6 atom stereocenters. The standard InChI is InChI=1S/C18H22NO5.ClH/c1-19-8-16(20)18(4-3-10(22-2)5-15(18)19)12-7-14-13(23-9-24-14)6-11(12)17(19)21;/h3-4,6-7,10,15-17,20-21H,5,8-9H2,1-2H3;1H/q+1;/p-1/t10-,15+,16+,17?,18+,19?;/m1./s1. The third-order valence-corrected chi connectivity index (χ3v) is 6.57. The monoisotopic (exact) mass is 367 g/mol. The number of aliphatic hydroxyl groups is 2. The van der Waals surface area contributed by atoms with E-state index in [1.165, 1.54) is 0 Å². The Morgan fingerprint density at radius 2 is 1.96 bits per heavy atom. The van der Waals surface area contributed by atoms with Crippen molar-refractivity contribution >= 4 is 0 Å². The van der Waals surface area contributed by atoms with E-state index >= 15 is 0 Å². The minimum Gasteiger partial charge on any atom is -1.00 e. The average Bonchev–Trinajstić information content (AvgIpc) is 3.12. The SMILES string of the molecule is CO[C@@H]1C=C[C@@]23c4cc5c(cc4C(O)[N+](C)(C[C@@H]2O)[C@H]3C1)OCO5.[Cl-]. The number of nitrogens with zero attached hydrogens (tertiary/aromatic N) is 1. The van der Waals surface area contributed by atoms with Crippen molar-refractivity contribution in [2.45, 2.75) is 36.3 Å². The van der Waals surface area contributed by atoms with Crippen LogP contribution in [0.5, 0.6) is 11.5 Å². The molecule has 3 heterocycles. The second kappa shape index (κ2) is 5.34. The molecule has 1 aliphatic carbocycles. The Morgan fingerprint density at radius 1 is 1.24 bits per heavy atom. The van der Waals surface area contributed by atoms with E-state index in [1.54, 1.807) is 7.11 Å². The highest BCUT2D eigenvalue weighted by atomic mass is 35.5. The molecule has 136 valence electrons. The lowest BCUT2D eigenvalue weighted by Crippen LogP contribution is -3.00. The molecule has 3 aliphatic heterocycles. The van der Waals surface area contributed by atoms with Crippen molar-refractivity contribution in [2.75, 3.05) is 27.5 Å². The van der Waals surface area contributed by atoms with Crippen LogP contribution in [0.3, 0.4) is 0 Å². The van der Waals surface area contributed by atoms with Crippen LogP contribution >= 0.6 is 0 Å². The molecule has 0 radical (unpaired) electrons. The van der Waals surface area contributed by atoms with Crippen LogP contribution in [0.15, 0.2) is 24.3 Å². The minimum absolute atomic E-state index is 0. The molecule has 1 aromatic carbocycles. The minimum atomic E-state index is -0.700. The highest BCUT2D eigenvalue weighted by Gasteiger charge is 2.69. The van der Waals surface area contributed by atoms with Crippen molar-refractivity contribution in [1.82, 2.24) is 0 Å². The zero-order chi connectivity index (χ0) is 16.7. The Morgan fingerprint density at radius 3 is 2.68 bits per heavy atom. The molecule has 2 bridgehead atoms. The molecule has 6 nitrogen and oxygen atoms in total. The molecule has 25 heavy (non-hydrogen) atoms. The highest BCUT2D eigenvalue weighted by molar-refractivity contribution is 5.56. The van der Waals surface area contributed by atoms with E-state index in [2.05, 4.69) is 6.08 Å². The number of hydrogen-bond acceptors (Lipinski definition) is 5. The Kier molecular flexibility index (Phi) is 3.66. The lowest BCUT2D eigenvalue weighted by Gasteiger charge is -2.51. The Bertz CT molecular complexity index is 755. The predicted octanol–water partition coefficient (Wildman–Crippen LogP) is -2.17. The smallest absolute Gasteiger partial charge is 0.231 e.